The summed E-state index contributed by atoms with van der Waals surface area (Å²) >= 11 is 3.47. The number of aryl methyl sites for hydroxylation is 2. The quantitative estimate of drug-likeness (QED) is 0.869. The number of benzene rings is 1. The van der Waals surface area contributed by atoms with Crippen molar-refractivity contribution in [2.24, 2.45) is 7.05 Å². The van der Waals surface area contributed by atoms with Gasteiger partial charge in [0.25, 0.3) is 5.91 Å². The molecule has 1 atom stereocenters. The summed E-state index contributed by atoms with van der Waals surface area (Å²) in [6.45, 7) is 2.02. The first kappa shape index (κ1) is 15.7. The average Bonchev–Trinajstić information content (AvgIpc) is 2.84. The first-order valence-corrected chi connectivity index (χ1v) is 7.98. The van der Waals surface area contributed by atoms with Crippen molar-refractivity contribution in [2.45, 2.75) is 25.9 Å². The number of rotatable bonds is 2. The fourth-order valence-corrected chi connectivity index (χ4v) is 3.54. The normalized spacial score (nSPS) is 17.0. The Balaban J connectivity index is 2.01. The predicted octanol–water partition coefficient (Wildman–Crippen LogP) is 2.14. The van der Waals surface area contributed by atoms with E-state index >= 15 is 0 Å². The van der Waals surface area contributed by atoms with Gasteiger partial charge in [-0.25, -0.2) is 4.79 Å². The SMILES string of the molecule is Cc1nn(C)cc1C(=O)N1Cc2cccc(Br)c2CC1C(=O)O. The van der Waals surface area contributed by atoms with Crippen LogP contribution in [0.25, 0.3) is 0 Å². The van der Waals surface area contributed by atoms with Crippen LogP contribution >= 0.6 is 15.9 Å². The molecule has 0 aliphatic carbocycles. The van der Waals surface area contributed by atoms with Crippen molar-refractivity contribution in [3.05, 3.63) is 51.3 Å². The zero-order chi connectivity index (χ0) is 16.7. The Kier molecular flexibility index (Phi) is 3.97. The third kappa shape index (κ3) is 2.76. The number of carbonyl (C=O) groups excluding carboxylic acids is 1. The number of carboxylic acids is 1. The number of hydrogen-bond donors (Lipinski definition) is 1. The molecule has 1 amide bonds. The lowest BCUT2D eigenvalue weighted by Crippen LogP contribution is -2.48. The van der Waals surface area contributed by atoms with Gasteiger partial charge in [0, 0.05) is 30.7 Å². The van der Waals surface area contributed by atoms with E-state index in [1.807, 2.05) is 18.2 Å². The molecular weight excluding hydrogens is 362 g/mol. The fraction of sp³-hybridized carbons (Fsp3) is 0.312. The van der Waals surface area contributed by atoms with Crippen LogP contribution in [0.4, 0.5) is 0 Å². The zero-order valence-corrected chi connectivity index (χ0v) is 14.4. The molecule has 3 rings (SSSR count). The Hall–Kier alpha value is -2.15. The van der Waals surface area contributed by atoms with Crippen LogP contribution in [0.3, 0.4) is 0 Å². The second-order valence-electron chi connectivity index (χ2n) is 5.67. The van der Waals surface area contributed by atoms with Crippen LogP contribution in [0.2, 0.25) is 0 Å². The lowest BCUT2D eigenvalue weighted by Gasteiger charge is -2.34. The predicted molar refractivity (Wildman–Crippen MR) is 87.1 cm³/mol. The Morgan fingerprint density at radius 3 is 2.74 bits per heavy atom. The summed E-state index contributed by atoms with van der Waals surface area (Å²) in [5.41, 5.74) is 2.96. The summed E-state index contributed by atoms with van der Waals surface area (Å²) in [6.07, 6.45) is 1.92. The van der Waals surface area contributed by atoms with Gasteiger partial charge in [-0.15, -0.1) is 0 Å². The molecule has 2 aromatic rings. The molecule has 1 aromatic heterocycles. The minimum atomic E-state index is -0.999. The van der Waals surface area contributed by atoms with Gasteiger partial charge in [-0.05, 0) is 24.1 Å². The number of aromatic nitrogens is 2. The van der Waals surface area contributed by atoms with E-state index in [0.29, 0.717) is 11.3 Å². The topological polar surface area (TPSA) is 75.4 Å². The maximum absolute atomic E-state index is 12.8. The summed E-state index contributed by atoms with van der Waals surface area (Å²) in [4.78, 5) is 25.9. The summed E-state index contributed by atoms with van der Waals surface area (Å²) in [5.74, 6) is -1.30. The van der Waals surface area contributed by atoms with Crippen LogP contribution < -0.4 is 0 Å². The first-order valence-electron chi connectivity index (χ1n) is 7.18. The highest BCUT2D eigenvalue weighted by Crippen LogP contribution is 2.30. The van der Waals surface area contributed by atoms with Gasteiger partial charge in [-0.3, -0.25) is 9.48 Å². The van der Waals surface area contributed by atoms with Gasteiger partial charge >= 0.3 is 5.97 Å². The summed E-state index contributed by atoms with van der Waals surface area (Å²) < 4.78 is 2.44. The van der Waals surface area contributed by atoms with E-state index in [1.54, 1.807) is 24.9 Å². The number of carboxylic acid groups (broad SMARTS) is 1. The second-order valence-corrected chi connectivity index (χ2v) is 6.52. The molecule has 0 saturated heterocycles. The lowest BCUT2D eigenvalue weighted by molar-refractivity contribution is -0.142. The van der Waals surface area contributed by atoms with Crippen LogP contribution in [0, 0.1) is 6.92 Å². The number of nitrogens with zero attached hydrogens (tertiary/aromatic N) is 3. The number of hydrogen-bond acceptors (Lipinski definition) is 3. The fourth-order valence-electron chi connectivity index (χ4n) is 2.98. The van der Waals surface area contributed by atoms with E-state index in [1.165, 1.54) is 4.90 Å². The largest absolute Gasteiger partial charge is 0.480 e. The van der Waals surface area contributed by atoms with Gasteiger partial charge in [0.1, 0.15) is 6.04 Å². The lowest BCUT2D eigenvalue weighted by atomic mass is 9.93. The van der Waals surface area contributed by atoms with Crippen molar-refractivity contribution in [3.8, 4) is 0 Å². The highest BCUT2D eigenvalue weighted by molar-refractivity contribution is 9.10. The van der Waals surface area contributed by atoms with E-state index in [9.17, 15) is 14.7 Å². The molecule has 0 spiro atoms. The summed E-state index contributed by atoms with van der Waals surface area (Å²) in [6, 6.07) is 4.82. The maximum atomic E-state index is 12.8. The van der Waals surface area contributed by atoms with Crippen molar-refractivity contribution < 1.29 is 14.7 Å². The van der Waals surface area contributed by atoms with Gasteiger partial charge < -0.3 is 10.0 Å². The molecule has 6 nitrogen and oxygen atoms in total. The molecule has 1 aromatic carbocycles. The Labute approximate surface area is 141 Å². The highest BCUT2D eigenvalue weighted by Gasteiger charge is 2.36. The second kappa shape index (κ2) is 5.81. The van der Waals surface area contributed by atoms with Crippen LogP contribution in [-0.4, -0.2) is 37.7 Å². The molecule has 1 unspecified atom stereocenters. The summed E-state index contributed by atoms with van der Waals surface area (Å²) in [7, 11) is 1.74. The molecule has 1 N–H and O–H groups in total. The minimum Gasteiger partial charge on any atom is -0.480 e. The van der Waals surface area contributed by atoms with Crippen LogP contribution in [0.5, 0.6) is 0 Å². The van der Waals surface area contributed by atoms with Crippen molar-refractivity contribution in [3.63, 3.8) is 0 Å². The molecule has 0 radical (unpaired) electrons. The molecule has 0 bridgehead atoms. The zero-order valence-electron chi connectivity index (χ0n) is 12.8. The van der Waals surface area contributed by atoms with E-state index < -0.39 is 12.0 Å². The monoisotopic (exact) mass is 377 g/mol. The van der Waals surface area contributed by atoms with Crippen LogP contribution in [0.15, 0.2) is 28.9 Å². The Bertz CT molecular complexity index is 800. The van der Waals surface area contributed by atoms with E-state index in [0.717, 1.165) is 15.6 Å². The number of carbonyl (C=O) groups is 2. The van der Waals surface area contributed by atoms with Crippen molar-refractivity contribution in [2.75, 3.05) is 0 Å². The molecular formula is C16H16BrN3O3. The average molecular weight is 378 g/mol. The number of halogens is 1. The first-order chi connectivity index (χ1) is 10.9. The number of amides is 1. The third-order valence-electron chi connectivity index (χ3n) is 4.12. The molecule has 0 saturated carbocycles. The van der Waals surface area contributed by atoms with Gasteiger partial charge in [0.2, 0.25) is 0 Å². The minimum absolute atomic E-state index is 0.277. The van der Waals surface area contributed by atoms with Gasteiger partial charge in [-0.2, -0.15) is 5.10 Å². The van der Waals surface area contributed by atoms with E-state index in [4.69, 9.17) is 0 Å². The van der Waals surface area contributed by atoms with Crippen LogP contribution in [0.1, 0.15) is 27.2 Å². The standard InChI is InChI=1S/C16H16BrN3O3/c1-9-12(8-19(2)18-9)15(21)20-7-10-4-3-5-13(17)11(10)6-14(20)16(22)23/h3-5,8,14H,6-7H2,1-2H3,(H,22,23). The van der Waals surface area contributed by atoms with Crippen molar-refractivity contribution in [1.82, 2.24) is 14.7 Å². The summed E-state index contributed by atoms with van der Waals surface area (Å²) in [5, 5.41) is 13.7. The Morgan fingerprint density at radius 1 is 1.39 bits per heavy atom. The molecule has 120 valence electrons. The van der Waals surface area contributed by atoms with Crippen LogP contribution in [-0.2, 0) is 24.8 Å². The van der Waals surface area contributed by atoms with E-state index in [2.05, 4.69) is 21.0 Å². The third-order valence-corrected chi connectivity index (χ3v) is 4.86. The smallest absolute Gasteiger partial charge is 0.326 e. The molecule has 1 aliphatic heterocycles. The molecule has 0 fully saturated rings. The molecule has 2 heterocycles. The van der Waals surface area contributed by atoms with Gasteiger partial charge in [0.05, 0.1) is 11.3 Å². The molecule has 7 heteroatoms. The maximum Gasteiger partial charge on any atom is 0.326 e. The molecule has 1 aliphatic rings. The van der Waals surface area contributed by atoms with Crippen molar-refractivity contribution in [1.29, 1.82) is 0 Å². The molecule has 23 heavy (non-hydrogen) atoms. The Morgan fingerprint density at radius 2 is 2.13 bits per heavy atom. The van der Waals surface area contributed by atoms with Crippen molar-refractivity contribution >= 4 is 27.8 Å². The van der Waals surface area contributed by atoms with Gasteiger partial charge in [0.15, 0.2) is 0 Å². The number of aliphatic carboxylic acids is 1. The van der Waals surface area contributed by atoms with Gasteiger partial charge in [-0.1, -0.05) is 28.1 Å². The number of fused-ring (bicyclic) bond motifs is 1. The highest BCUT2D eigenvalue weighted by atomic mass is 79.9. The van der Waals surface area contributed by atoms with E-state index in [-0.39, 0.29) is 18.9 Å².